The van der Waals surface area contributed by atoms with Crippen molar-refractivity contribution in [2.45, 2.75) is 13.3 Å². The number of aryl methyl sites for hydroxylation is 1. The highest BCUT2D eigenvalue weighted by Crippen LogP contribution is 2.26. The van der Waals surface area contributed by atoms with Crippen molar-refractivity contribution in [2.24, 2.45) is 0 Å². The Kier molecular flexibility index (Phi) is 2.99. The molecule has 1 aromatic heterocycles. The molecule has 13 heavy (non-hydrogen) atoms. The van der Waals surface area contributed by atoms with Crippen LogP contribution < -0.4 is 4.74 Å². The lowest BCUT2D eigenvalue weighted by molar-refractivity contribution is -0.275. The Hall–Kier alpha value is -0.530. The molecule has 0 fully saturated rings. The smallest absolute Gasteiger partial charge is 0.403 e. The molecule has 1 rings (SSSR count). The van der Waals surface area contributed by atoms with Crippen LogP contribution in [0.25, 0.3) is 0 Å². The van der Waals surface area contributed by atoms with Crippen molar-refractivity contribution < 1.29 is 17.9 Å². The van der Waals surface area contributed by atoms with Crippen LogP contribution >= 0.6 is 22.6 Å². The molecule has 0 bridgehead atoms. The molecule has 1 aromatic rings. The predicted molar refractivity (Wildman–Crippen MR) is 48.4 cm³/mol. The fourth-order valence-electron chi connectivity index (χ4n) is 0.713. The first-order chi connectivity index (χ1) is 5.88. The summed E-state index contributed by atoms with van der Waals surface area (Å²) in [6.07, 6.45) is -4.66. The van der Waals surface area contributed by atoms with Gasteiger partial charge in [-0.05, 0) is 41.6 Å². The molecule has 0 N–H and O–H groups in total. The molecule has 6 heteroatoms. The van der Waals surface area contributed by atoms with Gasteiger partial charge in [0.15, 0.2) is 5.75 Å². The van der Waals surface area contributed by atoms with E-state index in [4.69, 9.17) is 0 Å². The Labute approximate surface area is 86.3 Å². The molecule has 2 nitrogen and oxygen atoms in total. The number of rotatable bonds is 1. The van der Waals surface area contributed by atoms with E-state index >= 15 is 0 Å². The number of pyridine rings is 1. The lowest BCUT2D eigenvalue weighted by Crippen LogP contribution is -2.18. The number of nitrogens with zero attached hydrogens (tertiary/aromatic N) is 1. The zero-order chi connectivity index (χ0) is 10.1. The van der Waals surface area contributed by atoms with E-state index < -0.39 is 6.36 Å². The average Bonchev–Trinajstić information content (AvgIpc) is 1.93. The minimum absolute atomic E-state index is 0.204. The Morgan fingerprint density at radius 2 is 2.00 bits per heavy atom. The summed E-state index contributed by atoms with van der Waals surface area (Å²) in [6.45, 7) is 1.69. The Morgan fingerprint density at radius 3 is 2.46 bits per heavy atom. The van der Waals surface area contributed by atoms with Gasteiger partial charge in [0.2, 0.25) is 0 Å². The van der Waals surface area contributed by atoms with Gasteiger partial charge in [0.25, 0.3) is 0 Å². The minimum Gasteiger partial charge on any atom is -0.403 e. The van der Waals surface area contributed by atoms with E-state index in [1.54, 1.807) is 29.5 Å². The molecule has 0 saturated heterocycles. The van der Waals surface area contributed by atoms with Gasteiger partial charge in [-0.15, -0.1) is 13.2 Å². The van der Waals surface area contributed by atoms with Gasteiger partial charge in [0, 0.05) is 5.69 Å². The highest BCUT2D eigenvalue weighted by atomic mass is 127. The summed E-state index contributed by atoms with van der Waals surface area (Å²) in [7, 11) is 0. The molecule has 0 atom stereocenters. The molecule has 1 heterocycles. The normalized spacial score (nSPS) is 11.5. The van der Waals surface area contributed by atoms with Crippen molar-refractivity contribution in [3.63, 3.8) is 0 Å². The van der Waals surface area contributed by atoms with E-state index in [0.717, 1.165) is 0 Å². The first kappa shape index (κ1) is 10.6. The van der Waals surface area contributed by atoms with Crippen LogP contribution in [0.2, 0.25) is 0 Å². The van der Waals surface area contributed by atoms with Crippen molar-refractivity contribution in [2.75, 3.05) is 0 Å². The third-order valence-corrected chi connectivity index (χ3v) is 1.95. The maximum absolute atomic E-state index is 11.8. The fraction of sp³-hybridized carbons (Fsp3) is 0.286. The molecule has 0 unspecified atom stereocenters. The molecule has 72 valence electrons. The molecule has 0 aliphatic rings. The van der Waals surface area contributed by atoms with Crippen molar-refractivity contribution >= 4 is 22.6 Å². The SMILES string of the molecule is Cc1ccc(OC(F)(F)F)c(I)n1. The first-order valence-electron chi connectivity index (χ1n) is 3.27. The van der Waals surface area contributed by atoms with Crippen LogP contribution in [-0.4, -0.2) is 11.3 Å². The molecule has 0 saturated carbocycles. The lowest BCUT2D eigenvalue weighted by Gasteiger charge is -2.09. The minimum atomic E-state index is -4.66. The highest BCUT2D eigenvalue weighted by Gasteiger charge is 2.32. The van der Waals surface area contributed by atoms with E-state index in [1.807, 2.05) is 0 Å². The third kappa shape index (κ3) is 3.37. The number of hydrogen-bond acceptors (Lipinski definition) is 2. The van der Waals surface area contributed by atoms with Crippen molar-refractivity contribution in [1.29, 1.82) is 0 Å². The van der Waals surface area contributed by atoms with Crippen LogP contribution in [-0.2, 0) is 0 Å². The monoisotopic (exact) mass is 303 g/mol. The van der Waals surface area contributed by atoms with Gasteiger partial charge in [0.05, 0.1) is 0 Å². The molecule has 0 aliphatic carbocycles. The van der Waals surface area contributed by atoms with Gasteiger partial charge in [-0.25, -0.2) is 4.98 Å². The number of alkyl halides is 3. The summed E-state index contributed by atoms with van der Waals surface area (Å²) in [4.78, 5) is 3.82. The number of aromatic nitrogens is 1. The summed E-state index contributed by atoms with van der Waals surface area (Å²) < 4.78 is 39.2. The number of hydrogen-bond donors (Lipinski definition) is 0. The first-order valence-corrected chi connectivity index (χ1v) is 4.35. The van der Waals surface area contributed by atoms with E-state index in [1.165, 1.54) is 12.1 Å². The fourth-order valence-corrected chi connectivity index (χ4v) is 1.38. The van der Waals surface area contributed by atoms with E-state index in [-0.39, 0.29) is 9.45 Å². The van der Waals surface area contributed by atoms with Crippen LogP contribution in [0.5, 0.6) is 5.75 Å². The Balaban J connectivity index is 2.90. The lowest BCUT2D eigenvalue weighted by atomic mass is 10.4. The second kappa shape index (κ2) is 3.69. The molecular weight excluding hydrogens is 298 g/mol. The zero-order valence-corrected chi connectivity index (χ0v) is 8.68. The summed E-state index contributed by atoms with van der Waals surface area (Å²) >= 11 is 1.69. The zero-order valence-electron chi connectivity index (χ0n) is 6.52. The Morgan fingerprint density at radius 1 is 1.38 bits per heavy atom. The third-order valence-electron chi connectivity index (χ3n) is 1.18. The van der Waals surface area contributed by atoms with Gasteiger partial charge in [-0.2, -0.15) is 0 Å². The van der Waals surface area contributed by atoms with E-state index in [9.17, 15) is 13.2 Å². The molecule has 0 amide bonds. The van der Waals surface area contributed by atoms with E-state index in [2.05, 4.69) is 9.72 Å². The maximum atomic E-state index is 11.8. The largest absolute Gasteiger partial charge is 0.573 e. The van der Waals surface area contributed by atoms with Crippen LogP contribution in [0.3, 0.4) is 0 Å². The van der Waals surface area contributed by atoms with Gasteiger partial charge in [0.1, 0.15) is 3.70 Å². The predicted octanol–water partition coefficient (Wildman–Crippen LogP) is 2.89. The Bertz CT molecular complexity index is 313. The van der Waals surface area contributed by atoms with Crippen molar-refractivity contribution in [1.82, 2.24) is 4.98 Å². The number of ether oxygens (including phenoxy) is 1. The van der Waals surface area contributed by atoms with E-state index in [0.29, 0.717) is 5.69 Å². The van der Waals surface area contributed by atoms with Gasteiger partial charge >= 0.3 is 6.36 Å². The van der Waals surface area contributed by atoms with Crippen LogP contribution in [0.15, 0.2) is 12.1 Å². The second-order valence-corrected chi connectivity index (χ2v) is 3.31. The quantitative estimate of drug-likeness (QED) is 0.588. The molecule has 0 spiro atoms. The maximum Gasteiger partial charge on any atom is 0.573 e. The van der Waals surface area contributed by atoms with Gasteiger partial charge in [-0.3, -0.25) is 0 Å². The standard InChI is InChI=1S/C7H5F3INO/c1-4-2-3-5(6(11)12-4)13-7(8,9)10/h2-3H,1H3. The van der Waals surface area contributed by atoms with Crippen LogP contribution in [0, 0.1) is 10.6 Å². The summed E-state index contributed by atoms with van der Waals surface area (Å²) in [5.74, 6) is -0.265. The number of halogens is 4. The topological polar surface area (TPSA) is 22.1 Å². The van der Waals surface area contributed by atoms with Crippen LogP contribution in [0.4, 0.5) is 13.2 Å². The molecular formula is C7H5F3INO. The molecule has 0 aromatic carbocycles. The van der Waals surface area contributed by atoms with Crippen molar-refractivity contribution in [3.05, 3.63) is 21.5 Å². The second-order valence-electron chi connectivity index (χ2n) is 2.29. The van der Waals surface area contributed by atoms with Gasteiger partial charge in [-0.1, -0.05) is 0 Å². The summed E-state index contributed by atoms with van der Waals surface area (Å²) in [6, 6.07) is 2.71. The summed E-state index contributed by atoms with van der Waals surface area (Å²) in [5.41, 5.74) is 0.652. The summed E-state index contributed by atoms with van der Waals surface area (Å²) in [5, 5.41) is 0. The van der Waals surface area contributed by atoms with Crippen molar-refractivity contribution in [3.8, 4) is 5.75 Å². The molecule has 0 radical (unpaired) electrons. The average molecular weight is 303 g/mol. The highest BCUT2D eigenvalue weighted by molar-refractivity contribution is 14.1. The molecule has 0 aliphatic heterocycles. The van der Waals surface area contributed by atoms with Gasteiger partial charge < -0.3 is 4.74 Å². The van der Waals surface area contributed by atoms with Crippen LogP contribution in [0.1, 0.15) is 5.69 Å².